The molecular formula is C15H26N4OS. The second-order valence-electron chi connectivity index (χ2n) is 5.54. The summed E-state index contributed by atoms with van der Waals surface area (Å²) in [6.07, 6.45) is 5.03. The van der Waals surface area contributed by atoms with E-state index in [4.69, 9.17) is 18.0 Å². The lowest BCUT2D eigenvalue weighted by atomic mass is 9.78. The molecule has 1 amide bonds. The van der Waals surface area contributed by atoms with Crippen LogP contribution in [-0.4, -0.2) is 20.7 Å². The summed E-state index contributed by atoms with van der Waals surface area (Å²) in [5.41, 5.74) is 7.11. The van der Waals surface area contributed by atoms with E-state index < -0.39 is 5.41 Å². The molecule has 0 aromatic carbocycles. The number of rotatable bonds is 8. The van der Waals surface area contributed by atoms with Crippen LogP contribution in [-0.2, 0) is 18.4 Å². The number of thiocarbonyl (C=S) groups is 1. The molecule has 1 aromatic heterocycles. The summed E-state index contributed by atoms with van der Waals surface area (Å²) < 4.78 is 1.75. The average Bonchev–Trinajstić information content (AvgIpc) is 2.73. The van der Waals surface area contributed by atoms with Crippen LogP contribution in [0, 0.1) is 12.3 Å². The minimum atomic E-state index is -0.727. The smallest absolute Gasteiger partial charge is 0.233 e. The molecule has 118 valence electrons. The van der Waals surface area contributed by atoms with Crippen LogP contribution in [0.3, 0.4) is 0 Å². The highest BCUT2D eigenvalue weighted by molar-refractivity contribution is 7.80. The topological polar surface area (TPSA) is 72.9 Å². The minimum absolute atomic E-state index is 0.0676. The SMILES string of the molecule is CCCC(CCC)(C(=O)NCc1cn(C)nc1C)C(N)=S. The number of carbonyl (C=O) groups excluding carboxylic acids is 1. The third-order valence-corrected chi connectivity index (χ3v) is 4.21. The summed E-state index contributed by atoms with van der Waals surface area (Å²) >= 11 is 5.20. The standard InChI is InChI=1S/C15H26N4OS/c1-5-7-15(8-6-2,13(16)21)14(20)17-9-12-10-19(4)18-11(12)3/h10H,5-9H2,1-4H3,(H2,16,21)(H,17,20). The molecule has 0 fully saturated rings. The van der Waals surface area contributed by atoms with E-state index >= 15 is 0 Å². The Bertz CT molecular complexity index is 504. The number of hydrogen-bond donors (Lipinski definition) is 2. The van der Waals surface area contributed by atoms with Crippen molar-refractivity contribution >= 4 is 23.1 Å². The second-order valence-corrected chi connectivity index (χ2v) is 5.98. The van der Waals surface area contributed by atoms with Crippen molar-refractivity contribution in [2.24, 2.45) is 18.2 Å². The van der Waals surface area contributed by atoms with Crippen molar-refractivity contribution in [3.63, 3.8) is 0 Å². The summed E-state index contributed by atoms with van der Waals surface area (Å²) in [6.45, 7) is 6.47. The number of nitrogens with two attached hydrogens (primary N) is 1. The fourth-order valence-corrected chi connectivity index (χ4v) is 3.03. The van der Waals surface area contributed by atoms with Crippen LogP contribution in [0.4, 0.5) is 0 Å². The van der Waals surface area contributed by atoms with Crippen molar-refractivity contribution in [3.05, 3.63) is 17.5 Å². The van der Waals surface area contributed by atoms with Crippen molar-refractivity contribution in [1.29, 1.82) is 0 Å². The molecule has 1 rings (SSSR count). The molecule has 21 heavy (non-hydrogen) atoms. The maximum atomic E-state index is 12.7. The minimum Gasteiger partial charge on any atom is -0.392 e. The number of amides is 1. The van der Waals surface area contributed by atoms with Gasteiger partial charge in [0.2, 0.25) is 5.91 Å². The van der Waals surface area contributed by atoms with Gasteiger partial charge >= 0.3 is 0 Å². The largest absolute Gasteiger partial charge is 0.392 e. The van der Waals surface area contributed by atoms with Gasteiger partial charge in [-0.1, -0.05) is 38.9 Å². The predicted octanol–water partition coefficient (Wildman–Crippen LogP) is 2.22. The summed E-state index contributed by atoms with van der Waals surface area (Å²) in [5.74, 6) is -0.0676. The Balaban J connectivity index is 2.86. The lowest BCUT2D eigenvalue weighted by Crippen LogP contribution is -2.48. The highest BCUT2D eigenvalue weighted by Gasteiger charge is 2.39. The lowest BCUT2D eigenvalue weighted by Gasteiger charge is -2.31. The highest BCUT2D eigenvalue weighted by Crippen LogP contribution is 2.31. The van der Waals surface area contributed by atoms with Crippen LogP contribution in [0.15, 0.2) is 6.20 Å². The predicted molar refractivity (Wildman–Crippen MR) is 88.8 cm³/mol. The molecule has 0 aliphatic rings. The number of carbonyl (C=O) groups is 1. The van der Waals surface area contributed by atoms with Gasteiger partial charge in [0.25, 0.3) is 0 Å². The fraction of sp³-hybridized carbons (Fsp3) is 0.667. The Labute approximate surface area is 132 Å². The zero-order valence-electron chi connectivity index (χ0n) is 13.4. The summed E-state index contributed by atoms with van der Waals surface area (Å²) in [7, 11) is 1.87. The molecule has 0 radical (unpaired) electrons. The van der Waals surface area contributed by atoms with Gasteiger partial charge in [-0.2, -0.15) is 5.10 Å². The number of nitrogens with one attached hydrogen (secondary N) is 1. The Morgan fingerprint density at radius 1 is 1.43 bits per heavy atom. The van der Waals surface area contributed by atoms with Crippen molar-refractivity contribution in [2.75, 3.05) is 0 Å². The molecule has 0 spiro atoms. The van der Waals surface area contributed by atoms with Crippen molar-refractivity contribution < 1.29 is 4.79 Å². The summed E-state index contributed by atoms with van der Waals surface area (Å²) in [5, 5.41) is 7.26. The first kappa shape index (κ1) is 17.6. The van der Waals surface area contributed by atoms with E-state index in [0.29, 0.717) is 24.4 Å². The van der Waals surface area contributed by atoms with Gasteiger partial charge < -0.3 is 11.1 Å². The van der Waals surface area contributed by atoms with Crippen molar-refractivity contribution in [1.82, 2.24) is 15.1 Å². The van der Waals surface area contributed by atoms with E-state index in [1.165, 1.54) is 0 Å². The van der Waals surface area contributed by atoms with E-state index in [2.05, 4.69) is 10.4 Å². The fourth-order valence-electron chi connectivity index (χ4n) is 2.73. The number of nitrogens with zero attached hydrogens (tertiary/aromatic N) is 2. The molecular weight excluding hydrogens is 284 g/mol. The van der Waals surface area contributed by atoms with E-state index in [1.807, 2.05) is 34.0 Å². The molecule has 1 aromatic rings. The first-order chi connectivity index (χ1) is 9.87. The van der Waals surface area contributed by atoms with Crippen molar-refractivity contribution in [2.45, 2.75) is 53.0 Å². The monoisotopic (exact) mass is 310 g/mol. The molecule has 6 heteroatoms. The normalized spacial score (nSPS) is 11.4. The number of hydrogen-bond acceptors (Lipinski definition) is 3. The zero-order valence-corrected chi connectivity index (χ0v) is 14.2. The first-order valence-corrected chi connectivity index (χ1v) is 7.85. The summed E-state index contributed by atoms with van der Waals surface area (Å²) in [4.78, 5) is 13.0. The van der Waals surface area contributed by atoms with Crippen molar-refractivity contribution in [3.8, 4) is 0 Å². The van der Waals surface area contributed by atoms with Crippen LogP contribution in [0.2, 0.25) is 0 Å². The molecule has 3 N–H and O–H groups in total. The van der Waals surface area contributed by atoms with Gasteiger partial charge in [0.15, 0.2) is 0 Å². The van der Waals surface area contributed by atoms with Gasteiger partial charge in [-0.05, 0) is 19.8 Å². The van der Waals surface area contributed by atoms with E-state index in [1.54, 1.807) is 4.68 Å². The third-order valence-electron chi connectivity index (χ3n) is 3.81. The second kappa shape index (κ2) is 7.54. The molecule has 0 aliphatic heterocycles. The summed E-state index contributed by atoms with van der Waals surface area (Å²) in [6, 6.07) is 0. The van der Waals surface area contributed by atoms with Crippen LogP contribution >= 0.6 is 12.2 Å². The van der Waals surface area contributed by atoms with E-state index in [-0.39, 0.29) is 5.91 Å². The Morgan fingerprint density at radius 3 is 2.38 bits per heavy atom. The molecule has 0 unspecified atom stereocenters. The number of aromatic nitrogens is 2. The van der Waals surface area contributed by atoms with Crippen LogP contribution < -0.4 is 11.1 Å². The number of aryl methyl sites for hydroxylation is 2. The molecule has 5 nitrogen and oxygen atoms in total. The average molecular weight is 310 g/mol. The van der Waals surface area contributed by atoms with Crippen LogP contribution in [0.25, 0.3) is 0 Å². The Kier molecular flexibility index (Phi) is 6.33. The molecule has 0 atom stereocenters. The van der Waals surface area contributed by atoms with Gasteiger partial charge in [-0.25, -0.2) is 0 Å². The van der Waals surface area contributed by atoms with E-state index in [9.17, 15) is 4.79 Å². The van der Waals surface area contributed by atoms with E-state index in [0.717, 1.165) is 24.1 Å². The Morgan fingerprint density at radius 2 is 2.00 bits per heavy atom. The maximum absolute atomic E-state index is 12.7. The zero-order chi connectivity index (χ0) is 16.0. The first-order valence-electron chi connectivity index (χ1n) is 7.44. The van der Waals surface area contributed by atoms with Gasteiger partial charge in [0, 0.05) is 25.4 Å². The lowest BCUT2D eigenvalue weighted by molar-refractivity contribution is -0.128. The van der Waals surface area contributed by atoms with Crippen LogP contribution in [0.5, 0.6) is 0 Å². The van der Waals surface area contributed by atoms with Gasteiger partial charge in [0.05, 0.1) is 16.1 Å². The Hall–Kier alpha value is -1.43. The van der Waals surface area contributed by atoms with Gasteiger partial charge in [-0.3, -0.25) is 9.48 Å². The molecule has 0 aliphatic carbocycles. The third kappa shape index (κ3) is 4.03. The molecule has 0 bridgehead atoms. The van der Waals surface area contributed by atoms with Crippen LogP contribution in [0.1, 0.15) is 50.8 Å². The van der Waals surface area contributed by atoms with Gasteiger partial charge in [0.1, 0.15) is 0 Å². The molecule has 1 heterocycles. The quantitative estimate of drug-likeness (QED) is 0.722. The molecule has 0 saturated heterocycles. The maximum Gasteiger partial charge on any atom is 0.233 e. The molecule has 0 saturated carbocycles. The highest BCUT2D eigenvalue weighted by atomic mass is 32.1. The van der Waals surface area contributed by atoms with Gasteiger partial charge in [-0.15, -0.1) is 0 Å².